The van der Waals surface area contributed by atoms with Gasteiger partial charge in [-0.25, -0.2) is 4.79 Å². The van der Waals surface area contributed by atoms with Crippen molar-refractivity contribution in [1.82, 2.24) is 5.48 Å². The van der Waals surface area contributed by atoms with Gasteiger partial charge < -0.3 is 4.84 Å². The summed E-state index contributed by atoms with van der Waals surface area (Å²) in [6, 6.07) is 8.43. The standard InChI is InChI=1S/C10H9NO3/c1-2-9(12)14-11-10(13)8-6-4-3-5-7-8/h2-7H,1H2,(H,11,13). The van der Waals surface area contributed by atoms with E-state index in [4.69, 9.17) is 0 Å². The zero-order valence-corrected chi connectivity index (χ0v) is 7.40. The SMILES string of the molecule is C=CC(=O)ONC(=O)c1ccccc1. The minimum Gasteiger partial charge on any atom is -0.336 e. The van der Waals surface area contributed by atoms with Crippen LogP contribution in [0.1, 0.15) is 10.4 Å². The van der Waals surface area contributed by atoms with Gasteiger partial charge in [0.1, 0.15) is 0 Å². The third-order valence-corrected chi connectivity index (χ3v) is 1.45. The number of rotatable bonds is 2. The summed E-state index contributed by atoms with van der Waals surface area (Å²) in [5, 5.41) is 0. The van der Waals surface area contributed by atoms with Gasteiger partial charge in [0.15, 0.2) is 0 Å². The van der Waals surface area contributed by atoms with Crippen molar-refractivity contribution < 1.29 is 14.4 Å². The molecule has 0 aliphatic heterocycles. The highest BCUT2D eigenvalue weighted by Gasteiger charge is 2.05. The van der Waals surface area contributed by atoms with Gasteiger partial charge in [0.25, 0.3) is 5.91 Å². The Labute approximate surface area is 81.1 Å². The van der Waals surface area contributed by atoms with Crippen LogP contribution in [-0.4, -0.2) is 11.9 Å². The molecule has 0 unspecified atom stereocenters. The summed E-state index contributed by atoms with van der Waals surface area (Å²) in [6.07, 6.45) is 0.964. The van der Waals surface area contributed by atoms with E-state index < -0.39 is 11.9 Å². The average Bonchev–Trinajstić information content (AvgIpc) is 2.26. The van der Waals surface area contributed by atoms with Crippen LogP contribution in [0.15, 0.2) is 43.0 Å². The van der Waals surface area contributed by atoms with Crippen molar-refractivity contribution >= 4 is 11.9 Å². The molecular weight excluding hydrogens is 182 g/mol. The van der Waals surface area contributed by atoms with Gasteiger partial charge in [-0.2, -0.15) is 5.48 Å². The van der Waals surface area contributed by atoms with Crippen molar-refractivity contribution in [3.8, 4) is 0 Å². The summed E-state index contributed by atoms with van der Waals surface area (Å²) in [5.41, 5.74) is 2.41. The van der Waals surface area contributed by atoms with Crippen LogP contribution in [0.3, 0.4) is 0 Å². The number of amides is 1. The Kier molecular flexibility index (Phi) is 3.43. The maximum Gasteiger partial charge on any atom is 0.355 e. The Morgan fingerprint density at radius 3 is 2.50 bits per heavy atom. The van der Waals surface area contributed by atoms with E-state index in [1.807, 2.05) is 5.48 Å². The minimum atomic E-state index is -0.700. The molecule has 1 amide bonds. The topological polar surface area (TPSA) is 55.4 Å². The van der Waals surface area contributed by atoms with Crippen LogP contribution in [0, 0.1) is 0 Å². The lowest BCUT2D eigenvalue weighted by Gasteiger charge is -2.02. The molecule has 0 radical (unpaired) electrons. The zero-order valence-electron chi connectivity index (χ0n) is 7.40. The van der Waals surface area contributed by atoms with E-state index in [2.05, 4.69) is 11.4 Å². The van der Waals surface area contributed by atoms with E-state index >= 15 is 0 Å². The van der Waals surface area contributed by atoms with E-state index in [1.165, 1.54) is 0 Å². The number of carbonyl (C=O) groups excluding carboxylic acids is 2. The second kappa shape index (κ2) is 4.81. The molecule has 0 spiro atoms. The number of hydrogen-bond donors (Lipinski definition) is 1. The van der Waals surface area contributed by atoms with Crippen LogP contribution >= 0.6 is 0 Å². The molecule has 14 heavy (non-hydrogen) atoms. The number of benzene rings is 1. The van der Waals surface area contributed by atoms with Gasteiger partial charge >= 0.3 is 5.97 Å². The highest BCUT2D eigenvalue weighted by molar-refractivity contribution is 5.94. The van der Waals surface area contributed by atoms with Gasteiger partial charge in [-0.05, 0) is 12.1 Å². The number of carbonyl (C=O) groups is 2. The van der Waals surface area contributed by atoms with Gasteiger partial charge in [0.2, 0.25) is 0 Å². The van der Waals surface area contributed by atoms with Crippen LogP contribution in [-0.2, 0) is 9.63 Å². The lowest BCUT2D eigenvalue weighted by atomic mass is 10.2. The molecule has 1 N–H and O–H groups in total. The van der Waals surface area contributed by atoms with E-state index in [-0.39, 0.29) is 0 Å². The normalized spacial score (nSPS) is 8.86. The van der Waals surface area contributed by atoms with E-state index in [1.54, 1.807) is 30.3 Å². The van der Waals surface area contributed by atoms with E-state index in [9.17, 15) is 9.59 Å². The maximum atomic E-state index is 11.2. The minimum absolute atomic E-state index is 0.421. The molecule has 0 bridgehead atoms. The van der Waals surface area contributed by atoms with Gasteiger partial charge in [-0.3, -0.25) is 4.79 Å². The third-order valence-electron chi connectivity index (χ3n) is 1.45. The zero-order chi connectivity index (χ0) is 10.4. The third kappa shape index (κ3) is 2.75. The van der Waals surface area contributed by atoms with Crippen molar-refractivity contribution in [3.05, 3.63) is 48.6 Å². The maximum absolute atomic E-state index is 11.2. The Balaban J connectivity index is 2.52. The summed E-state index contributed by atoms with van der Waals surface area (Å²) in [6.45, 7) is 3.19. The Morgan fingerprint density at radius 2 is 1.93 bits per heavy atom. The summed E-state index contributed by atoms with van der Waals surface area (Å²) < 4.78 is 0. The Hall–Kier alpha value is -2.10. The smallest absolute Gasteiger partial charge is 0.336 e. The molecule has 0 aliphatic rings. The van der Waals surface area contributed by atoms with Crippen molar-refractivity contribution in [2.75, 3.05) is 0 Å². The summed E-state index contributed by atoms with van der Waals surface area (Å²) in [4.78, 5) is 26.2. The first-order chi connectivity index (χ1) is 6.74. The molecular formula is C10H9NO3. The molecule has 0 heterocycles. The van der Waals surface area contributed by atoms with Crippen molar-refractivity contribution in [2.45, 2.75) is 0 Å². The lowest BCUT2D eigenvalue weighted by molar-refractivity contribution is -0.142. The molecule has 1 aromatic rings. The molecule has 1 rings (SSSR count). The predicted octanol–water partition coefficient (Wildman–Crippen LogP) is 1.06. The van der Waals surface area contributed by atoms with Crippen molar-refractivity contribution in [1.29, 1.82) is 0 Å². The van der Waals surface area contributed by atoms with Crippen LogP contribution in [0.4, 0.5) is 0 Å². The second-order valence-electron chi connectivity index (χ2n) is 2.42. The largest absolute Gasteiger partial charge is 0.355 e. The second-order valence-corrected chi connectivity index (χ2v) is 2.42. The van der Waals surface area contributed by atoms with Crippen LogP contribution < -0.4 is 5.48 Å². The first kappa shape index (κ1) is 9.98. The summed E-state index contributed by atoms with van der Waals surface area (Å²) >= 11 is 0. The summed E-state index contributed by atoms with van der Waals surface area (Å²) in [5.74, 6) is -1.17. The molecule has 0 saturated heterocycles. The lowest BCUT2D eigenvalue weighted by Crippen LogP contribution is -2.26. The van der Waals surface area contributed by atoms with Crippen molar-refractivity contribution in [2.24, 2.45) is 0 Å². The van der Waals surface area contributed by atoms with Gasteiger partial charge in [-0.15, -0.1) is 0 Å². The summed E-state index contributed by atoms with van der Waals surface area (Å²) in [7, 11) is 0. The van der Waals surface area contributed by atoms with E-state index in [0.717, 1.165) is 6.08 Å². The van der Waals surface area contributed by atoms with Crippen LogP contribution in [0.2, 0.25) is 0 Å². The Morgan fingerprint density at radius 1 is 1.29 bits per heavy atom. The molecule has 0 aromatic heterocycles. The van der Waals surface area contributed by atoms with Crippen molar-refractivity contribution in [3.63, 3.8) is 0 Å². The number of hydroxylamine groups is 1. The fourth-order valence-corrected chi connectivity index (χ4v) is 0.787. The quantitative estimate of drug-likeness (QED) is 0.561. The fraction of sp³-hybridized carbons (Fsp3) is 0. The van der Waals surface area contributed by atoms with Crippen LogP contribution in [0.25, 0.3) is 0 Å². The highest BCUT2D eigenvalue weighted by atomic mass is 16.7. The molecule has 1 aromatic carbocycles. The van der Waals surface area contributed by atoms with Gasteiger partial charge in [-0.1, -0.05) is 24.8 Å². The first-order valence-corrected chi connectivity index (χ1v) is 3.92. The highest BCUT2D eigenvalue weighted by Crippen LogP contribution is 1.97. The van der Waals surface area contributed by atoms with E-state index in [0.29, 0.717) is 5.56 Å². The van der Waals surface area contributed by atoms with Crippen LogP contribution in [0.5, 0.6) is 0 Å². The number of hydrogen-bond acceptors (Lipinski definition) is 3. The molecule has 0 atom stereocenters. The Bertz CT molecular complexity index is 346. The first-order valence-electron chi connectivity index (χ1n) is 3.92. The molecule has 4 nitrogen and oxygen atoms in total. The van der Waals surface area contributed by atoms with Gasteiger partial charge in [0.05, 0.1) is 0 Å². The number of nitrogens with one attached hydrogen (secondary N) is 1. The van der Waals surface area contributed by atoms with Gasteiger partial charge in [0, 0.05) is 11.6 Å². The predicted molar refractivity (Wildman–Crippen MR) is 50.2 cm³/mol. The molecule has 0 fully saturated rings. The fourth-order valence-electron chi connectivity index (χ4n) is 0.787. The molecule has 0 aliphatic carbocycles. The molecule has 72 valence electrons. The molecule has 0 saturated carbocycles. The monoisotopic (exact) mass is 191 g/mol. The molecule has 4 heteroatoms. The average molecular weight is 191 g/mol.